The molecule has 34 heavy (non-hydrogen) atoms. The number of ether oxygens (including phenoxy) is 1. The van der Waals surface area contributed by atoms with Crippen LogP contribution in [0.15, 0.2) is 66.7 Å². The highest BCUT2D eigenvalue weighted by Crippen LogP contribution is 2.38. The fraction of sp³-hybridized carbons (Fsp3) is 0.379. The summed E-state index contributed by atoms with van der Waals surface area (Å²) in [7, 11) is 0. The van der Waals surface area contributed by atoms with Gasteiger partial charge >= 0.3 is 0 Å². The number of piperidine rings is 1. The summed E-state index contributed by atoms with van der Waals surface area (Å²) in [5.41, 5.74) is 4.93. The zero-order valence-electron chi connectivity index (χ0n) is 19.7. The Bertz CT molecular complexity index is 1090. The summed E-state index contributed by atoms with van der Waals surface area (Å²) in [5.74, 6) is 1.26. The molecule has 0 spiro atoms. The van der Waals surface area contributed by atoms with Crippen LogP contribution in [-0.4, -0.2) is 30.3 Å². The normalized spacial score (nSPS) is 21.1. The van der Waals surface area contributed by atoms with Gasteiger partial charge in [-0.2, -0.15) is 0 Å². The van der Waals surface area contributed by atoms with E-state index in [4.69, 9.17) is 16.3 Å². The fourth-order valence-electron chi connectivity index (χ4n) is 5.36. The Morgan fingerprint density at radius 2 is 1.85 bits per heavy atom. The van der Waals surface area contributed by atoms with Crippen LogP contribution in [0.3, 0.4) is 0 Å². The van der Waals surface area contributed by atoms with E-state index < -0.39 is 0 Å². The van der Waals surface area contributed by atoms with Crippen LogP contribution in [-0.2, 0) is 12.8 Å². The number of anilines is 1. The molecule has 0 saturated carbocycles. The first kappa shape index (κ1) is 23.1. The van der Waals surface area contributed by atoms with Crippen molar-refractivity contribution in [2.45, 2.75) is 57.2 Å². The molecule has 5 heteroatoms. The molecule has 3 aromatic carbocycles. The molecule has 178 valence electrons. The number of nitrogens with zero attached hydrogens (tertiary/aromatic N) is 1. The van der Waals surface area contributed by atoms with E-state index in [-0.39, 0.29) is 12.1 Å². The third kappa shape index (κ3) is 5.18. The van der Waals surface area contributed by atoms with E-state index in [1.165, 1.54) is 41.6 Å². The molecule has 3 unspecified atom stereocenters. The highest BCUT2D eigenvalue weighted by Gasteiger charge is 2.28. The molecule has 2 N–H and O–H groups in total. The van der Waals surface area contributed by atoms with Crippen LogP contribution < -0.4 is 15.0 Å². The van der Waals surface area contributed by atoms with E-state index in [9.17, 15) is 5.11 Å². The first-order chi connectivity index (χ1) is 16.6. The summed E-state index contributed by atoms with van der Waals surface area (Å²) in [4.78, 5) is 2.46. The minimum absolute atomic E-state index is 0.157. The molecule has 5 rings (SSSR count). The van der Waals surface area contributed by atoms with Gasteiger partial charge in [0.05, 0.1) is 6.04 Å². The Morgan fingerprint density at radius 3 is 2.59 bits per heavy atom. The second kappa shape index (κ2) is 10.3. The van der Waals surface area contributed by atoms with Crippen molar-refractivity contribution >= 4 is 17.3 Å². The zero-order chi connectivity index (χ0) is 23.5. The van der Waals surface area contributed by atoms with Gasteiger partial charge in [-0.1, -0.05) is 36.2 Å². The molecule has 0 aliphatic carbocycles. The molecule has 3 atom stereocenters. The number of fused-ring (bicyclic) bond motifs is 1. The Balaban J connectivity index is 1.35. The summed E-state index contributed by atoms with van der Waals surface area (Å²) in [6, 6.07) is 23.1. The van der Waals surface area contributed by atoms with Crippen molar-refractivity contribution in [2.75, 3.05) is 18.0 Å². The smallest absolute Gasteiger partial charge is 0.119 e. The summed E-state index contributed by atoms with van der Waals surface area (Å²) in [5, 5.41) is 14.4. The maximum absolute atomic E-state index is 10.0. The van der Waals surface area contributed by atoms with Gasteiger partial charge in [-0.3, -0.25) is 0 Å². The van der Waals surface area contributed by atoms with Crippen molar-refractivity contribution in [3.63, 3.8) is 0 Å². The molecule has 0 aromatic heterocycles. The zero-order valence-corrected chi connectivity index (χ0v) is 20.5. The van der Waals surface area contributed by atoms with Gasteiger partial charge in [0.2, 0.25) is 0 Å². The van der Waals surface area contributed by atoms with E-state index in [0.717, 1.165) is 36.7 Å². The van der Waals surface area contributed by atoms with Crippen molar-refractivity contribution in [1.82, 2.24) is 5.32 Å². The third-order valence-corrected chi connectivity index (χ3v) is 7.48. The number of benzene rings is 3. The van der Waals surface area contributed by atoms with Gasteiger partial charge in [0.1, 0.15) is 17.6 Å². The lowest BCUT2D eigenvalue weighted by atomic mass is 9.88. The number of hydrogen-bond acceptors (Lipinski definition) is 4. The van der Waals surface area contributed by atoms with Gasteiger partial charge in [-0.05, 0) is 104 Å². The van der Waals surface area contributed by atoms with Crippen molar-refractivity contribution in [1.29, 1.82) is 0 Å². The molecule has 1 fully saturated rings. The number of hydrogen-bond donors (Lipinski definition) is 2. The number of rotatable bonds is 6. The molecule has 4 nitrogen and oxygen atoms in total. The van der Waals surface area contributed by atoms with Crippen LogP contribution in [0.4, 0.5) is 5.69 Å². The summed E-state index contributed by atoms with van der Waals surface area (Å²) in [6.45, 7) is 4.15. The monoisotopic (exact) mass is 476 g/mol. The summed E-state index contributed by atoms with van der Waals surface area (Å²) >= 11 is 6.15. The van der Waals surface area contributed by atoms with Crippen molar-refractivity contribution < 1.29 is 9.84 Å². The standard InChI is InChI=1S/C29H33ClN2O2/c1-20(28-4-2-3-16-31-28)34-26-12-5-21(6-13-26)18-29-27-14-11-25(33)19-22(27)15-17-32(29)24-9-7-23(30)8-10-24/h5-14,19-20,28-29,31,33H,2-4,15-18H2,1H3. The average Bonchev–Trinajstić information content (AvgIpc) is 2.86. The van der Waals surface area contributed by atoms with Crippen LogP contribution >= 0.6 is 11.6 Å². The highest BCUT2D eigenvalue weighted by atomic mass is 35.5. The van der Waals surface area contributed by atoms with Crippen LogP contribution in [0.1, 0.15) is 48.9 Å². The second-order valence-electron chi connectivity index (χ2n) is 9.55. The lowest BCUT2D eigenvalue weighted by molar-refractivity contribution is 0.152. The summed E-state index contributed by atoms with van der Waals surface area (Å²) < 4.78 is 6.26. The minimum Gasteiger partial charge on any atom is -0.508 e. The molecule has 0 radical (unpaired) electrons. The molecular formula is C29H33ClN2O2. The lowest BCUT2D eigenvalue weighted by Crippen LogP contribution is -2.44. The molecule has 2 aliphatic heterocycles. The van der Waals surface area contributed by atoms with Crippen molar-refractivity contribution in [2.24, 2.45) is 0 Å². The Labute approximate surface area is 207 Å². The van der Waals surface area contributed by atoms with Crippen molar-refractivity contribution in [3.8, 4) is 11.5 Å². The number of phenols is 1. The van der Waals surface area contributed by atoms with Crippen LogP contribution in [0.2, 0.25) is 5.02 Å². The van der Waals surface area contributed by atoms with Crippen LogP contribution in [0.25, 0.3) is 0 Å². The molecule has 2 heterocycles. The van der Waals surface area contributed by atoms with E-state index >= 15 is 0 Å². The van der Waals surface area contributed by atoms with E-state index in [1.807, 2.05) is 18.2 Å². The number of aromatic hydroxyl groups is 1. The van der Waals surface area contributed by atoms with Crippen LogP contribution in [0.5, 0.6) is 11.5 Å². The lowest BCUT2D eigenvalue weighted by Gasteiger charge is -2.39. The van der Waals surface area contributed by atoms with Gasteiger partial charge < -0.3 is 20.1 Å². The van der Waals surface area contributed by atoms with Crippen LogP contribution in [0, 0.1) is 0 Å². The highest BCUT2D eigenvalue weighted by molar-refractivity contribution is 6.30. The van der Waals surface area contributed by atoms with E-state index in [2.05, 4.69) is 59.6 Å². The quantitative estimate of drug-likeness (QED) is 0.438. The number of phenolic OH excluding ortho intramolecular Hbond substituents is 1. The first-order valence-electron chi connectivity index (χ1n) is 12.4. The molecular weight excluding hydrogens is 444 g/mol. The van der Waals surface area contributed by atoms with Gasteiger partial charge in [-0.25, -0.2) is 0 Å². The van der Waals surface area contributed by atoms with Gasteiger partial charge in [0.25, 0.3) is 0 Å². The predicted molar refractivity (Wildman–Crippen MR) is 139 cm³/mol. The maximum atomic E-state index is 10.0. The predicted octanol–water partition coefficient (Wildman–Crippen LogP) is 6.30. The fourth-order valence-corrected chi connectivity index (χ4v) is 5.49. The molecule has 0 amide bonds. The number of nitrogens with one attached hydrogen (secondary N) is 1. The van der Waals surface area contributed by atoms with Crippen molar-refractivity contribution in [3.05, 3.63) is 88.4 Å². The van der Waals surface area contributed by atoms with E-state index in [0.29, 0.717) is 11.8 Å². The van der Waals surface area contributed by atoms with Gasteiger partial charge in [-0.15, -0.1) is 0 Å². The number of halogens is 1. The Morgan fingerprint density at radius 1 is 1.06 bits per heavy atom. The van der Waals surface area contributed by atoms with Gasteiger partial charge in [0.15, 0.2) is 0 Å². The summed E-state index contributed by atoms with van der Waals surface area (Å²) in [6.07, 6.45) is 5.65. The molecule has 3 aromatic rings. The maximum Gasteiger partial charge on any atom is 0.119 e. The van der Waals surface area contributed by atoms with E-state index in [1.54, 1.807) is 6.07 Å². The third-order valence-electron chi connectivity index (χ3n) is 7.23. The van der Waals surface area contributed by atoms with Gasteiger partial charge in [0, 0.05) is 23.3 Å². The topological polar surface area (TPSA) is 44.7 Å². The molecule has 1 saturated heterocycles. The SMILES string of the molecule is CC(Oc1ccc(CC2c3ccc(O)cc3CCN2c2ccc(Cl)cc2)cc1)C1CCCCN1. The molecule has 2 aliphatic rings. The first-order valence-corrected chi connectivity index (χ1v) is 12.8. The average molecular weight is 477 g/mol. The second-order valence-corrected chi connectivity index (χ2v) is 9.98. The largest absolute Gasteiger partial charge is 0.508 e. The minimum atomic E-state index is 0.157. The Hall–Kier alpha value is -2.69. The molecule has 0 bridgehead atoms. The Kier molecular flexibility index (Phi) is 6.98.